The molecular formula is C25H21NSSi. The predicted molar refractivity (Wildman–Crippen MR) is 126 cm³/mol. The van der Waals surface area contributed by atoms with Gasteiger partial charge in [-0.1, -0.05) is 78.9 Å². The zero-order chi connectivity index (χ0) is 19.1. The zero-order valence-corrected chi connectivity index (χ0v) is 17.8. The number of pyridine rings is 1. The van der Waals surface area contributed by atoms with Gasteiger partial charge in [0.05, 0.1) is 5.69 Å². The molecule has 2 heterocycles. The summed E-state index contributed by atoms with van der Waals surface area (Å²) >= 11 is 1.85. The molecule has 0 bridgehead atoms. The highest BCUT2D eigenvalue weighted by Crippen LogP contribution is 2.35. The van der Waals surface area contributed by atoms with Gasteiger partial charge in [-0.3, -0.25) is 4.98 Å². The molecule has 0 N–H and O–H groups in total. The Morgan fingerprint density at radius 1 is 0.679 bits per heavy atom. The number of rotatable bonds is 3. The van der Waals surface area contributed by atoms with Gasteiger partial charge >= 0.3 is 0 Å². The summed E-state index contributed by atoms with van der Waals surface area (Å²) in [5, 5.41) is 5.46. The first-order valence-corrected chi connectivity index (χ1v) is 13.4. The van der Waals surface area contributed by atoms with Crippen LogP contribution < -0.4 is 10.4 Å². The van der Waals surface area contributed by atoms with Gasteiger partial charge in [0.25, 0.3) is 0 Å². The van der Waals surface area contributed by atoms with Gasteiger partial charge in [0.1, 0.15) is 8.07 Å². The average molecular weight is 396 g/mol. The van der Waals surface area contributed by atoms with Crippen LogP contribution in [0.1, 0.15) is 0 Å². The van der Waals surface area contributed by atoms with Crippen molar-refractivity contribution < 1.29 is 0 Å². The van der Waals surface area contributed by atoms with Crippen molar-refractivity contribution in [2.24, 2.45) is 0 Å². The largest absolute Gasteiger partial charge is 0.256 e. The van der Waals surface area contributed by atoms with Crippen molar-refractivity contribution in [3.05, 3.63) is 91.1 Å². The van der Waals surface area contributed by atoms with Crippen LogP contribution in [-0.4, -0.2) is 13.1 Å². The topological polar surface area (TPSA) is 12.9 Å². The summed E-state index contributed by atoms with van der Waals surface area (Å²) in [6.45, 7) is 4.78. The fraction of sp³-hybridized carbons (Fsp3) is 0.0800. The normalized spacial score (nSPS) is 11.9. The second kappa shape index (κ2) is 6.69. The van der Waals surface area contributed by atoms with Crippen molar-refractivity contribution in [1.82, 2.24) is 4.98 Å². The Bertz CT molecular complexity index is 1270. The molecule has 0 aliphatic carbocycles. The summed E-state index contributed by atoms with van der Waals surface area (Å²) in [5.41, 5.74) is 2.22. The van der Waals surface area contributed by atoms with Crippen LogP contribution in [0.15, 0.2) is 91.1 Å². The molecule has 0 saturated carbocycles. The van der Waals surface area contributed by atoms with E-state index < -0.39 is 8.07 Å². The zero-order valence-electron chi connectivity index (χ0n) is 16.0. The summed E-state index contributed by atoms with van der Waals surface area (Å²) in [6.07, 6.45) is 2.09. The molecular weight excluding hydrogens is 374 g/mol. The summed E-state index contributed by atoms with van der Waals surface area (Å²) in [5.74, 6) is 0. The SMILES string of the molecule is C[Si](C)(c1ccccc1)c1ccc(-c2ccc3sc4ccccc4c3c2)nc1. The molecule has 0 amide bonds. The maximum absolute atomic E-state index is 4.85. The highest BCUT2D eigenvalue weighted by molar-refractivity contribution is 7.25. The maximum Gasteiger partial charge on any atom is 0.114 e. The Hall–Kier alpha value is -2.75. The highest BCUT2D eigenvalue weighted by atomic mass is 32.1. The van der Waals surface area contributed by atoms with E-state index in [-0.39, 0.29) is 0 Å². The van der Waals surface area contributed by atoms with Crippen LogP contribution in [-0.2, 0) is 0 Å². The first-order valence-electron chi connectivity index (χ1n) is 9.57. The van der Waals surface area contributed by atoms with E-state index in [4.69, 9.17) is 4.98 Å². The average Bonchev–Trinajstić information content (AvgIpc) is 3.12. The number of hydrogen-bond acceptors (Lipinski definition) is 2. The minimum Gasteiger partial charge on any atom is -0.256 e. The third-order valence-electron chi connectivity index (χ3n) is 5.65. The van der Waals surface area contributed by atoms with Gasteiger partial charge in [0.2, 0.25) is 0 Å². The first-order chi connectivity index (χ1) is 13.6. The van der Waals surface area contributed by atoms with Crippen LogP contribution in [0.2, 0.25) is 13.1 Å². The number of aromatic nitrogens is 1. The number of fused-ring (bicyclic) bond motifs is 3. The molecule has 0 saturated heterocycles. The molecule has 136 valence electrons. The summed E-state index contributed by atoms with van der Waals surface area (Å²) in [6, 6.07) is 30.6. The third-order valence-corrected chi connectivity index (χ3v) is 10.3. The third kappa shape index (κ3) is 2.88. The minimum absolute atomic E-state index is 1.04. The van der Waals surface area contributed by atoms with Crippen molar-refractivity contribution in [2.75, 3.05) is 0 Å². The quantitative estimate of drug-likeness (QED) is 0.345. The van der Waals surface area contributed by atoms with Crippen LogP contribution >= 0.6 is 11.3 Å². The Balaban J connectivity index is 1.55. The second-order valence-corrected chi connectivity index (χ2v) is 13.2. The lowest BCUT2D eigenvalue weighted by atomic mass is 10.1. The molecule has 1 nitrogen and oxygen atoms in total. The molecule has 0 fully saturated rings. The number of benzene rings is 3. The molecule has 0 radical (unpaired) electrons. The minimum atomic E-state index is -1.71. The van der Waals surface area contributed by atoms with Crippen molar-refractivity contribution in [1.29, 1.82) is 0 Å². The van der Waals surface area contributed by atoms with E-state index in [1.807, 2.05) is 11.3 Å². The molecule has 3 aromatic carbocycles. The van der Waals surface area contributed by atoms with Gasteiger partial charge in [-0.15, -0.1) is 11.3 Å². The smallest absolute Gasteiger partial charge is 0.114 e. The van der Waals surface area contributed by atoms with Gasteiger partial charge in [0, 0.05) is 31.9 Å². The highest BCUT2D eigenvalue weighted by Gasteiger charge is 2.26. The maximum atomic E-state index is 4.85. The van der Waals surface area contributed by atoms with E-state index in [9.17, 15) is 0 Å². The summed E-state index contributed by atoms with van der Waals surface area (Å²) in [7, 11) is -1.71. The molecule has 3 heteroatoms. The Labute approximate surface area is 170 Å². The monoisotopic (exact) mass is 395 g/mol. The van der Waals surface area contributed by atoms with Gasteiger partial charge in [-0.25, -0.2) is 0 Å². The number of thiophene rings is 1. The van der Waals surface area contributed by atoms with Crippen molar-refractivity contribution >= 4 is 50.0 Å². The van der Waals surface area contributed by atoms with Gasteiger partial charge in [-0.2, -0.15) is 0 Å². The van der Waals surface area contributed by atoms with Crippen molar-refractivity contribution in [3.8, 4) is 11.3 Å². The fourth-order valence-corrected chi connectivity index (χ4v) is 7.17. The Morgan fingerprint density at radius 3 is 2.21 bits per heavy atom. The van der Waals surface area contributed by atoms with Gasteiger partial charge in [-0.05, 0) is 29.5 Å². The predicted octanol–water partition coefficient (Wildman–Crippen LogP) is 5.94. The van der Waals surface area contributed by atoms with E-state index in [1.165, 1.54) is 36.1 Å². The lowest BCUT2D eigenvalue weighted by Gasteiger charge is -2.23. The van der Waals surface area contributed by atoms with E-state index in [0.717, 1.165) is 5.69 Å². The van der Waals surface area contributed by atoms with Crippen molar-refractivity contribution in [3.63, 3.8) is 0 Å². The number of hydrogen-bond donors (Lipinski definition) is 0. The van der Waals surface area contributed by atoms with Crippen LogP contribution in [0.25, 0.3) is 31.4 Å². The lowest BCUT2D eigenvalue weighted by molar-refractivity contribution is 1.34. The van der Waals surface area contributed by atoms with Crippen LogP contribution in [0.5, 0.6) is 0 Å². The molecule has 28 heavy (non-hydrogen) atoms. The molecule has 0 aliphatic heterocycles. The Kier molecular flexibility index (Phi) is 4.15. The standard InChI is InChI=1S/C25H21NSSi/c1-28(2,19-8-4-3-5-9-19)20-13-14-23(26-17-20)18-12-15-25-22(16-18)21-10-6-7-11-24(21)27-25/h3-17H,1-2H3. The Morgan fingerprint density at radius 2 is 1.43 bits per heavy atom. The fourth-order valence-electron chi connectivity index (χ4n) is 3.84. The van der Waals surface area contributed by atoms with E-state index in [2.05, 4.69) is 104 Å². The van der Waals surface area contributed by atoms with E-state index in [0.29, 0.717) is 0 Å². The summed E-state index contributed by atoms with van der Waals surface area (Å²) in [4.78, 5) is 4.85. The van der Waals surface area contributed by atoms with Crippen LogP contribution in [0.3, 0.4) is 0 Å². The molecule has 5 aromatic rings. The van der Waals surface area contributed by atoms with Crippen molar-refractivity contribution in [2.45, 2.75) is 13.1 Å². The molecule has 5 rings (SSSR count). The van der Waals surface area contributed by atoms with Gasteiger partial charge < -0.3 is 0 Å². The molecule has 2 aromatic heterocycles. The second-order valence-electron chi connectivity index (χ2n) is 7.73. The number of nitrogens with zero attached hydrogens (tertiary/aromatic N) is 1. The van der Waals surface area contributed by atoms with Crippen LogP contribution in [0.4, 0.5) is 0 Å². The van der Waals surface area contributed by atoms with E-state index in [1.54, 1.807) is 0 Å². The first kappa shape index (κ1) is 17.4. The molecule has 0 unspecified atom stereocenters. The van der Waals surface area contributed by atoms with Crippen LogP contribution in [0, 0.1) is 0 Å². The molecule has 0 atom stereocenters. The van der Waals surface area contributed by atoms with Gasteiger partial charge in [0.15, 0.2) is 0 Å². The summed E-state index contributed by atoms with van der Waals surface area (Å²) < 4.78 is 2.67. The molecule has 0 spiro atoms. The lowest BCUT2D eigenvalue weighted by Crippen LogP contribution is -2.52. The molecule has 0 aliphatic rings. The van der Waals surface area contributed by atoms with E-state index >= 15 is 0 Å².